The van der Waals surface area contributed by atoms with Gasteiger partial charge in [-0.1, -0.05) is 28.1 Å². The zero-order valence-electron chi connectivity index (χ0n) is 11.6. The van der Waals surface area contributed by atoms with Gasteiger partial charge in [-0.2, -0.15) is 0 Å². The van der Waals surface area contributed by atoms with Gasteiger partial charge in [-0.15, -0.1) is 0 Å². The molecule has 1 N–H and O–H groups in total. The molecule has 114 valence electrons. The number of hydrogen-bond donors (Lipinski definition) is 1. The molecule has 4 nitrogen and oxygen atoms in total. The van der Waals surface area contributed by atoms with Crippen molar-refractivity contribution in [3.63, 3.8) is 0 Å². The average molecular weight is 427 g/mol. The first-order valence-electron chi connectivity index (χ1n) is 6.76. The molecule has 2 aromatic rings. The lowest BCUT2D eigenvalue weighted by Gasteiger charge is -2.20. The lowest BCUT2D eigenvalue weighted by molar-refractivity contribution is -0.115. The summed E-state index contributed by atoms with van der Waals surface area (Å²) in [7, 11) is 0. The van der Waals surface area contributed by atoms with Crippen LogP contribution >= 0.6 is 31.9 Å². The summed E-state index contributed by atoms with van der Waals surface area (Å²) in [5.41, 5.74) is 1.61. The third kappa shape index (κ3) is 3.44. The largest absolute Gasteiger partial charge is 0.486 e. The Kier molecular flexibility index (Phi) is 4.69. The maximum atomic E-state index is 12.2. The molecule has 2 aromatic carbocycles. The zero-order chi connectivity index (χ0) is 15.5. The molecule has 0 aromatic heterocycles. The third-order valence-corrected chi connectivity index (χ3v) is 4.64. The van der Waals surface area contributed by atoms with E-state index in [9.17, 15) is 4.79 Å². The first-order chi connectivity index (χ1) is 10.6. The van der Waals surface area contributed by atoms with Crippen LogP contribution < -0.4 is 14.8 Å². The number of anilines is 1. The highest BCUT2D eigenvalue weighted by molar-refractivity contribution is 9.10. The Balaban J connectivity index is 1.75. The Morgan fingerprint density at radius 3 is 2.45 bits per heavy atom. The van der Waals surface area contributed by atoms with E-state index in [1.807, 2.05) is 36.4 Å². The minimum absolute atomic E-state index is 0.0933. The molecule has 0 saturated heterocycles. The van der Waals surface area contributed by atoms with Gasteiger partial charge >= 0.3 is 0 Å². The summed E-state index contributed by atoms with van der Waals surface area (Å²) >= 11 is 6.89. The highest BCUT2D eigenvalue weighted by Gasteiger charge is 2.16. The number of rotatable bonds is 3. The monoisotopic (exact) mass is 425 g/mol. The predicted molar refractivity (Wildman–Crippen MR) is 91.6 cm³/mol. The van der Waals surface area contributed by atoms with E-state index in [1.165, 1.54) is 0 Å². The summed E-state index contributed by atoms with van der Waals surface area (Å²) in [6, 6.07) is 11.2. The number of amides is 1. The number of benzene rings is 2. The molecule has 1 heterocycles. The molecule has 0 saturated carbocycles. The molecule has 0 radical (unpaired) electrons. The molecule has 0 spiro atoms. The molecule has 0 atom stereocenters. The Hall–Kier alpha value is -1.53. The summed E-state index contributed by atoms with van der Waals surface area (Å²) in [4.78, 5) is 12.2. The van der Waals surface area contributed by atoms with Crippen LogP contribution in [0.4, 0.5) is 5.69 Å². The standard InChI is InChI=1S/C16H13Br2NO3/c17-11-3-1-2-4-13(11)19-16(20)8-10-7-14-15(9-12(10)18)22-6-5-21-14/h1-4,7,9H,5-6,8H2,(H,19,20). The average Bonchev–Trinajstić information content (AvgIpc) is 2.50. The van der Waals surface area contributed by atoms with Crippen LogP contribution in [-0.2, 0) is 11.2 Å². The fourth-order valence-corrected chi connectivity index (χ4v) is 3.02. The van der Waals surface area contributed by atoms with Crippen LogP contribution in [-0.4, -0.2) is 19.1 Å². The molecule has 0 aliphatic carbocycles. The molecule has 0 bridgehead atoms. The van der Waals surface area contributed by atoms with E-state index < -0.39 is 0 Å². The van der Waals surface area contributed by atoms with E-state index in [-0.39, 0.29) is 12.3 Å². The minimum atomic E-state index is -0.0933. The Labute approximate surface area is 145 Å². The van der Waals surface area contributed by atoms with E-state index >= 15 is 0 Å². The van der Waals surface area contributed by atoms with Crippen molar-refractivity contribution in [3.8, 4) is 11.5 Å². The van der Waals surface area contributed by atoms with Crippen LogP contribution in [0.1, 0.15) is 5.56 Å². The van der Waals surface area contributed by atoms with Crippen molar-refractivity contribution >= 4 is 43.5 Å². The van der Waals surface area contributed by atoms with Gasteiger partial charge in [-0.05, 0) is 45.8 Å². The van der Waals surface area contributed by atoms with Crippen LogP contribution in [0.25, 0.3) is 0 Å². The molecule has 0 fully saturated rings. The normalized spacial score (nSPS) is 12.8. The minimum Gasteiger partial charge on any atom is -0.486 e. The summed E-state index contributed by atoms with van der Waals surface area (Å²) < 4.78 is 12.8. The number of halogens is 2. The molecular weight excluding hydrogens is 414 g/mol. The third-order valence-electron chi connectivity index (χ3n) is 3.21. The molecule has 1 amide bonds. The quantitative estimate of drug-likeness (QED) is 0.801. The SMILES string of the molecule is O=C(Cc1cc2c(cc1Br)OCCO2)Nc1ccccc1Br. The fraction of sp³-hybridized carbons (Fsp3) is 0.188. The Morgan fingerprint density at radius 2 is 1.73 bits per heavy atom. The van der Waals surface area contributed by atoms with Crippen LogP contribution in [0, 0.1) is 0 Å². The number of ether oxygens (including phenoxy) is 2. The molecule has 1 aliphatic rings. The van der Waals surface area contributed by atoms with Crippen molar-refractivity contribution in [3.05, 3.63) is 50.9 Å². The highest BCUT2D eigenvalue weighted by Crippen LogP contribution is 2.35. The van der Waals surface area contributed by atoms with Gasteiger partial charge in [0.05, 0.1) is 12.1 Å². The smallest absolute Gasteiger partial charge is 0.228 e. The maximum absolute atomic E-state index is 12.2. The summed E-state index contributed by atoms with van der Waals surface area (Å²) in [6.07, 6.45) is 0.249. The topological polar surface area (TPSA) is 47.6 Å². The van der Waals surface area contributed by atoms with E-state index in [4.69, 9.17) is 9.47 Å². The molecular formula is C16H13Br2NO3. The summed E-state index contributed by atoms with van der Waals surface area (Å²) in [5, 5.41) is 2.89. The number of carbonyl (C=O) groups excluding carboxylic acids is 1. The molecule has 22 heavy (non-hydrogen) atoms. The zero-order valence-corrected chi connectivity index (χ0v) is 14.7. The van der Waals surface area contributed by atoms with Gasteiger partial charge in [0.1, 0.15) is 13.2 Å². The first kappa shape index (κ1) is 15.4. The summed E-state index contributed by atoms with van der Waals surface area (Å²) in [5.74, 6) is 1.29. The first-order valence-corrected chi connectivity index (χ1v) is 8.34. The molecule has 3 rings (SSSR count). The lowest BCUT2D eigenvalue weighted by atomic mass is 10.1. The maximum Gasteiger partial charge on any atom is 0.228 e. The van der Waals surface area contributed by atoms with Crippen LogP contribution in [0.15, 0.2) is 45.3 Å². The van der Waals surface area contributed by atoms with Gasteiger partial charge < -0.3 is 14.8 Å². The second-order valence-corrected chi connectivity index (χ2v) is 6.50. The van der Waals surface area contributed by atoms with Crippen molar-refractivity contribution in [2.75, 3.05) is 18.5 Å². The van der Waals surface area contributed by atoms with Crippen molar-refractivity contribution in [2.24, 2.45) is 0 Å². The van der Waals surface area contributed by atoms with Crippen molar-refractivity contribution < 1.29 is 14.3 Å². The number of fused-ring (bicyclic) bond motifs is 1. The molecule has 6 heteroatoms. The van der Waals surface area contributed by atoms with Gasteiger partial charge in [-0.3, -0.25) is 4.79 Å². The molecule has 0 unspecified atom stereocenters. The van der Waals surface area contributed by atoms with E-state index in [2.05, 4.69) is 37.2 Å². The van der Waals surface area contributed by atoms with Gasteiger partial charge in [0, 0.05) is 8.95 Å². The molecule has 1 aliphatic heterocycles. The lowest BCUT2D eigenvalue weighted by Crippen LogP contribution is -2.17. The van der Waals surface area contributed by atoms with Crippen LogP contribution in [0.5, 0.6) is 11.5 Å². The number of para-hydroxylation sites is 1. The van der Waals surface area contributed by atoms with Crippen LogP contribution in [0.3, 0.4) is 0 Å². The number of hydrogen-bond acceptors (Lipinski definition) is 3. The van der Waals surface area contributed by atoms with Crippen molar-refractivity contribution in [1.82, 2.24) is 0 Å². The van der Waals surface area contributed by atoms with Crippen molar-refractivity contribution in [1.29, 1.82) is 0 Å². The van der Waals surface area contributed by atoms with Gasteiger partial charge in [-0.25, -0.2) is 0 Å². The van der Waals surface area contributed by atoms with E-state index in [0.717, 1.165) is 20.2 Å². The second kappa shape index (κ2) is 6.71. The second-order valence-electron chi connectivity index (χ2n) is 4.79. The predicted octanol–water partition coefficient (Wildman–Crippen LogP) is 4.16. The van der Waals surface area contributed by atoms with E-state index in [1.54, 1.807) is 0 Å². The highest BCUT2D eigenvalue weighted by atomic mass is 79.9. The van der Waals surface area contributed by atoms with Gasteiger partial charge in [0.15, 0.2) is 11.5 Å². The van der Waals surface area contributed by atoms with Crippen LogP contribution in [0.2, 0.25) is 0 Å². The van der Waals surface area contributed by atoms with Gasteiger partial charge in [0.25, 0.3) is 0 Å². The Bertz CT molecular complexity index is 719. The number of nitrogens with one attached hydrogen (secondary N) is 1. The fourth-order valence-electron chi connectivity index (χ4n) is 2.17. The van der Waals surface area contributed by atoms with E-state index in [0.29, 0.717) is 24.7 Å². The van der Waals surface area contributed by atoms with Gasteiger partial charge in [0.2, 0.25) is 5.91 Å². The van der Waals surface area contributed by atoms with Crippen molar-refractivity contribution in [2.45, 2.75) is 6.42 Å². The Morgan fingerprint density at radius 1 is 1.05 bits per heavy atom. The summed E-state index contributed by atoms with van der Waals surface area (Å²) in [6.45, 7) is 1.07. The number of carbonyl (C=O) groups is 1.